The maximum atomic E-state index is 12.7. The molecule has 0 aromatic carbocycles. The molecule has 0 aromatic heterocycles. The van der Waals surface area contributed by atoms with Crippen molar-refractivity contribution in [3.05, 3.63) is 12.2 Å². The maximum absolute atomic E-state index is 12.7. The van der Waals surface area contributed by atoms with Crippen molar-refractivity contribution in [2.75, 3.05) is 13.2 Å². The third kappa shape index (κ3) is 20.2. The minimum Gasteiger partial charge on any atom is -0.465 e. The summed E-state index contributed by atoms with van der Waals surface area (Å²) in [6.45, 7) is 5.46. The lowest BCUT2D eigenvalue weighted by Crippen LogP contribution is -2.34. The van der Waals surface area contributed by atoms with Gasteiger partial charge in [0.1, 0.15) is 0 Å². The molecule has 0 fully saturated rings. The van der Waals surface area contributed by atoms with E-state index in [0.717, 1.165) is 25.7 Å². The van der Waals surface area contributed by atoms with Crippen molar-refractivity contribution in [3.63, 3.8) is 0 Å². The predicted octanol–water partition coefficient (Wildman–Crippen LogP) is 10.7. The molecule has 0 N–H and O–H groups in total. The quantitative estimate of drug-likeness (QED) is 0.0582. The van der Waals surface area contributed by atoms with Crippen LogP contribution in [0.4, 0.5) is 0 Å². The van der Waals surface area contributed by atoms with E-state index in [9.17, 15) is 9.59 Å². The molecule has 0 spiro atoms. The molecule has 1 aliphatic carbocycles. The van der Waals surface area contributed by atoms with Crippen LogP contribution < -0.4 is 0 Å². The van der Waals surface area contributed by atoms with Gasteiger partial charge in [-0.05, 0) is 25.7 Å². The molecule has 4 heteroatoms. The molecule has 39 heavy (non-hydrogen) atoms. The molecule has 0 saturated carbocycles. The van der Waals surface area contributed by atoms with Gasteiger partial charge >= 0.3 is 11.9 Å². The number of esters is 2. The van der Waals surface area contributed by atoms with Crippen molar-refractivity contribution >= 4 is 11.9 Å². The van der Waals surface area contributed by atoms with Crippen LogP contribution in [0.25, 0.3) is 0 Å². The monoisotopic (exact) mass is 548 g/mol. The number of unbranched alkanes of at least 4 members (excludes halogenated alkanes) is 21. The summed E-state index contributed by atoms with van der Waals surface area (Å²) in [5, 5.41) is 0. The van der Waals surface area contributed by atoms with E-state index in [1.54, 1.807) is 0 Å². The average Bonchev–Trinajstić information content (AvgIpc) is 2.95. The van der Waals surface area contributed by atoms with E-state index in [1.807, 2.05) is 12.2 Å². The molecule has 1 aliphatic rings. The van der Waals surface area contributed by atoms with Crippen LogP contribution in [0.3, 0.4) is 0 Å². The van der Waals surface area contributed by atoms with Gasteiger partial charge < -0.3 is 9.47 Å². The van der Waals surface area contributed by atoms with Gasteiger partial charge in [-0.2, -0.15) is 0 Å². The van der Waals surface area contributed by atoms with E-state index >= 15 is 0 Å². The zero-order valence-electron chi connectivity index (χ0n) is 26.0. The fraction of sp³-hybridized carbons (Fsp3) is 0.886. The van der Waals surface area contributed by atoms with Gasteiger partial charge in [0.25, 0.3) is 0 Å². The van der Waals surface area contributed by atoms with E-state index in [4.69, 9.17) is 9.47 Å². The van der Waals surface area contributed by atoms with Crippen LogP contribution in [0, 0.1) is 11.8 Å². The molecule has 228 valence electrons. The summed E-state index contributed by atoms with van der Waals surface area (Å²) in [7, 11) is 0. The van der Waals surface area contributed by atoms with Gasteiger partial charge in [0, 0.05) is 0 Å². The van der Waals surface area contributed by atoms with Crippen LogP contribution in [0.5, 0.6) is 0 Å². The summed E-state index contributed by atoms with van der Waals surface area (Å²) >= 11 is 0. The van der Waals surface area contributed by atoms with Crippen LogP contribution in [-0.4, -0.2) is 25.2 Å². The van der Waals surface area contributed by atoms with Gasteiger partial charge in [0.2, 0.25) is 0 Å². The van der Waals surface area contributed by atoms with Crippen molar-refractivity contribution in [2.24, 2.45) is 11.8 Å². The third-order valence-corrected chi connectivity index (χ3v) is 8.27. The Morgan fingerprint density at radius 3 is 1.00 bits per heavy atom. The van der Waals surface area contributed by atoms with Crippen LogP contribution in [0.1, 0.15) is 174 Å². The Hall–Kier alpha value is -1.32. The molecular formula is C35H64O4. The van der Waals surface area contributed by atoms with Gasteiger partial charge in [-0.1, -0.05) is 161 Å². The highest BCUT2D eigenvalue weighted by molar-refractivity contribution is 5.82. The summed E-state index contributed by atoms with van der Waals surface area (Å²) in [4.78, 5) is 25.4. The first-order valence-electron chi connectivity index (χ1n) is 17.2. The number of carbonyl (C=O) groups excluding carboxylic acids is 2. The summed E-state index contributed by atoms with van der Waals surface area (Å²) in [6.07, 6.45) is 34.7. The standard InChI is InChI=1S/C35H64O4/c1-3-5-7-9-11-13-14-15-16-17-19-21-23-27-31-39-35(37)33-29-25-24-28-32(33)34(36)38-30-26-22-20-18-12-10-8-6-4-2/h24-25,32-33H,3-23,26-31H2,1-2H3. The van der Waals surface area contributed by atoms with Gasteiger partial charge in [0.05, 0.1) is 25.0 Å². The average molecular weight is 549 g/mol. The maximum Gasteiger partial charge on any atom is 0.310 e. The largest absolute Gasteiger partial charge is 0.465 e. The van der Waals surface area contributed by atoms with Gasteiger partial charge in [0.15, 0.2) is 0 Å². The second kappa shape index (κ2) is 26.9. The second-order valence-corrected chi connectivity index (χ2v) is 11.9. The van der Waals surface area contributed by atoms with Gasteiger partial charge in [-0.15, -0.1) is 0 Å². The van der Waals surface area contributed by atoms with Gasteiger partial charge in [-0.3, -0.25) is 9.59 Å². The molecule has 0 aromatic rings. The fourth-order valence-electron chi connectivity index (χ4n) is 5.60. The lowest BCUT2D eigenvalue weighted by atomic mass is 9.83. The third-order valence-electron chi connectivity index (χ3n) is 8.27. The number of allylic oxidation sites excluding steroid dienone is 2. The molecule has 0 saturated heterocycles. The fourth-order valence-corrected chi connectivity index (χ4v) is 5.60. The predicted molar refractivity (Wildman–Crippen MR) is 165 cm³/mol. The first kappa shape index (κ1) is 35.7. The Balaban J connectivity index is 2.03. The van der Waals surface area contributed by atoms with Crippen molar-refractivity contribution in [2.45, 2.75) is 174 Å². The molecule has 0 radical (unpaired) electrons. The topological polar surface area (TPSA) is 52.6 Å². The Bertz CT molecular complexity index is 599. The second-order valence-electron chi connectivity index (χ2n) is 11.9. The van der Waals surface area contributed by atoms with Crippen molar-refractivity contribution in [1.82, 2.24) is 0 Å². The normalized spacial score (nSPS) is 16.9. The SMILES string of the molecule is CCCCCCCCCCCCCCCCOC(=O)C1CC=CCC1C(=O)OCCCCCCCCCCC. The minimum absolute atomic E-state index is 0.223. The first-order chi connectivity index (χ1) is 19.2. The van der Waals surface area contributed by atoms with E-state index in [0.29, 0.717) is 26.1 Å². The lowest BCUT2D eigenvalue weighted by Gasteiger charge is -2.25. The Kier molecular flexibility index (Phi) is 24.6. The smallest absolute Gasteiger partial charge is 0.310 e. The molecule has 0 heterocycles. The van der Waals surface area contributed by atoms with Crippen LogP contribution in [0.2, 0.25) is 0 Å². The number of ether oxygens (including phenoxy) is 2. The summed E-state index contributed by atoms with van der Waals surface area (Å²) in [5.74, 6) is -1.23. The molecule has 2 atom stereocenters. The molecule has 0 bridgehead atoms. The lowest BCUT2D eigenvalue weighted by molar-refractivity contribution is -0.161. The highest BCUT2D eigenvalue weighted by atomic mass is 16.5. The van der Waals surface area contributed by atoms with Crippen LogP contribution in [-0.2, 0) is 19.1 Å². The van der Waals surface area contributed by atoms with Crippen LogP contribution >= 0.6 is 0 Å². The van der Waals surface area contributed by atoms with Crippen molar-refractivity contribution in [1.29, 1.82) is 0 Å². The van der Waals surface area contributed by atoms with E-state index in [1.165, 1.54) is 122 Å². The molecule has 1 rings (SSSR count). The molecule has 4 nitrogen and oxygen atoms in total. The van der Waals surface area contributed by atoms with Crippen LogP contribution in [0.15, 0.2) is 12.2 Å². The highest BCUT2D eigenvalue weighted by Gasteiger charge is 2.36. The minimum atomic E-state index is -0.391. The number of hydrogen-bond donors (Lipinski definition) is 0. The van der Waals surface area contributed by atoms with E-state index in [-0.39, 0.29) is 11.9 Å². The summed E-state index contributed by atoms with van der Waals surface area (Å²) in [6, 6.07) is 0. The summed E-state index contributed by atoms with van der Waals surface area (Å²) < 4.78 is 11.2. The van der Waals surface area contributed by atoms with E-state index in [2.05, 4.69) is 13.8 Å². The molecule has 0 amide bonds. The Morgan fingerprint density at radius 1 is 0.462 bits per heavy atom. The zero-order valence-corrected chi connectivity index (χ0v) is 26.0. The van der Waals surface area contributed by atoms with Crippen molar-refractivity contribution in [3.8, 4) is 0 Å². The Morgan fingerprint density at radius 2 is 0.718 bits per heavy atom. The number of hydrogen-bond acceptors (Lipinski definition) is 4. The molecule has 0 aliphatic heterocycles. The summed E-state index contributed by atoms with van der Waals surface area (Å²) in [5.41, 5.74) is 0. The molecule has 2 unspecified atom stereocenters. The first-order valence-corrected chi connectivity index (χ1v) is 17.2. The zero-order chi connectivity index (χ0) is 28.2. The van der Waals surface area contributed by atoms with Gasteiger partial charge in [-0.25, -0.2) is 0 Å². The van der Waals surface area contributed by atoms with Crippen molar-refractivity contribution < 1.29 is 19.1 Å². The number of rotatable bonds is 27. The molecular weight excluding hydrogens is 484 g/mol. The Labute approximate surface area is 242 Å². The highest BCUT2D eigenvalue weighted by Crippen LogP contribution is 2.28. The number of carbonyl (C=O) groups is 2. The van der Waals surface area contributed by atoms with E-state index < -0.39 is 11.8 Å².